The molecule has 0 spiro atoms. The maximum atomic E-state index is 13.8. The zero-order chi connectivity index (χ0) is 14.5. The summed E-state index contributed by atoms with van der Waals surface area (Å²) in [6.07, 6.45) is 0.528. The highest BCUT2D eigenvalue weighted by molar-refractivity contribution is 6.33. The molecule has 0 amide bonds. The summed E-state index contributed by atoms with van der Waals surface area (Å²) in [7, 11) is 0. The zero-order valence-corrected chi connectivity index (χ0v) is 12.7. The minimum absolute atomic E-state index is 0.0666. The lowest BCUT2D eigenvalue weighted by molar-refractivity contribution is 0.528. The van der Waals surface area contributed by atoms with Gasteiger partial charge in [-0.1, -0.05) is 48.3 Å². The van der Waals surface area contributed by atoms with Gasteiger partial charge in [0, 0.05) is 16.1 Å². The molecule has 0 fully saturated rings. The molecule has 0 heterocycles. The molecule has 106 valence electrons. The monoisotopic (exact) mass is 311 g/mol. The maximum Gasteiger partial charge on any atom is 0.126 e. The standard InChI is InChI=1S/C16H16Cl2FN/c1-2-20-16(9-11-5-3-4-6-15(11)19)13-10-12(17)7-8-14(13)18/h3-8,10,16,20H,2,9H2,1H3. The van der Waals surface area contributed by atoms with Gasteiger partial charge in [-0.15, -0.1) is 0 Å². The number of nitrogens with one attached hydrogen (secondary N) is 1. The fraction of sp³-hybridized carbons (Fsp3) is 0.250. The quantitative estimate of drug-likeness (QED) is 0.817. The van der Waals surface area contributed by atoms with Gasteiger partial charge in [-0.25, -0.2) is 4.39 Å². The van der Waals surface area contributed by atoms with Crippen molar-refractivity contribution in [3.05, 3.63) is 69.5 Å². The molecule has 1 unspecified atom stereocenters. The van der Waals surface area contributed by atoms with E-state index >= 15 is 0 Å². The lowest BCUT2D eigenvalue weighted by Gasteiger charge is -2.20. The molecule has 1 atom stereocenters. The Hall–Kier alpha value is -1.09. The predicted octanol–water partition coefficient (Wildman–Crippen LogP) is 5.03. The van der Waals surface area contributed by atoms with Gasteiger partial charge in [-0.3, -0.25) is 0 Å². The summed E-state index contributed by atoms with van der Waals surface area (Å²) >= 11 is 12.3. The van der Waals surface area contributed by atoms with Crippen LogP contribution in [0.1, 0.15) is 24.1 Å². The molecule has 0 aliphatic rings. The van der Waals surface area contributed by atoms with Crippen LogP contribution >= 0.6 is 23.2 Å². The second-order valence-electron chi connectivity index (χ2n) is 4.57. The second-order valence-corrected chi connectivity index (χ2v) is 5.42. The van der Waals surface area contributed by atoms with E-state index in [1.54, 1.807) is 24.3 Å². The Morgan fingerprint density at radius 2 is 1.90 bits per heavy atom. The van der Waals surface area contributed by atoms with E-state index < -0.39 is 0 Å². The third-order valence-corrected chi connectivity index (χ3v) is 3.75. The van der Waals surface area contributed by atoms with E-state index in [2.05, 4.69) is 5.32 Å². The van der Waals surface area contributed by atoms with Gasteiger partial charge in [0.25, 0.3) is 0 Å². The first kappa shape index (κ1) is 15.3. The van der Waals surface area contributed by atoms with Gasteiger partial charge in [0.15, 0.2) is 0 Å². The highest BCUT2D eigenvalue weighted by Gasteiger charge is 2.16. The molecule has 2 rings (SSSR count). The fourth-order valence-electron chi connectivity index (χ4n) is 2.20. The minimum Gasteiger partial charge on any atom is -0.310 e. The van der Waals surface area contributed by atoms with Crippen LogP contribution in [0.15, 0.2) is 42.5 Å². The molecular weight excluding hydrogens is 296 g/mol. The summed E-state index contributed by atoms with van der Waals surface area (Å²) in [6, 6.07) is 12.1. The second kappa shape index (κ2) is 7.07. The van der Waals surface area contributed by atoms with E-state index in [9.17, 15) is 4.39 Å². The van der Waals surface area contributed by atoms with Crippen LogP contribution in [0.2, 0.25) is 10.0 Å². The van der Waals surface area contributed by atoms with Crippen LogP contribution < -0.4 is 5.32 Å². The van der Waals surface area contributed by atoms with Crippen LogP contribution in [-0.4, -0.2) is 6.54 Å². The number of rotatable bonds is 5. The van der Waals surface area contributed by atoms with E-state index in [-0.39, 0.29) is 11.9 Å². The number of benzene rings is 2. The first-order valence-electron chi connectivity index (χ1n) is 6.53. The molecule has 0 saturated carbocycles. The van der Waals surface area contributed by atoms with Crippen LogP contribution in [0.25, 0.3) is 0 Å². The van der Waals surface area contributed by atoms with Gasteiger partial charge in [0.2, 0.25) is 0 Å². The topological polar surface area (TPSA) is 12.0 Å². The summed E-state index contributed by atoms with van der Waals surface area (Å²) in [4.78, 5) is 0. The molecule has 0 radical (unpaired) electrons. The van der Waals surface area contributed by atoms with Crippen molar-refractivity contribution in [1.82, 2.24) is 5.32 Å². The van der Waals surface area contributed by atoms with Crippen LogP contribution in [0, 0.1) is 5.82 Å². The Kier molecular flexibility index (Phi) is 5.41. The summed E-state index contributed by atoms with van der Waals surface area (Å²) in [5, 5.41) is 4.59. The third kappa shape index (κ3) is 3.72. The van der Waals surface area contributed by atoms with E-state index in [1.807, 2.05) is 19.1 Å². The molecule has 0 aromatic heterocycles. The van der Waals surface area contributed by atoms with Gasteiger partial charge >= 0.3 is 0 Å². The number of halogens is 3. The molecule has 2 aromatic carbocycles. The molecule has 0 aliphatic heterocycles. The number of hydrogen-bond acceptors (Lipinski definition) is 1. The van der Waals surface area contributed by atoms with Crippen LogP contribution in [0.5, 0.6) is 0 Å². The largest absolute Gasteiger partial charge is 0.310 e. The highest BCUT2D eigenvalue weighted by atomic mass is 35.5. The molecular formula is C16H16Cl2FN. The molecule has 0 saturated heterocycles. The normalized spacial score (nSPS) is 12.4. The molecule has 1 nitrogen and oxygen atoms in total. The van der Waals surface area contributed by atoms with Gasteiger partial charge < -0.3 is 5.32 Å². The first-order valence-corrected chi connectivity index (χ1v) is 7.29. The van der Waals surface area contributed by atoms with Crippen molar-refractivity contribution in [1.29, 1.82) is 0 Å². The zero-order valence-electron chi connectivity index (χ0n) is 11.2. The Balaban J connectivity index is 2.32. The summed E-state index contributed by atoms with van der Waals surface area (Å²) in [5.41, 5.74) is 1.55. The van der Waals surface area contributed by atoms with E-state index in [0.29, 0.717) is 22.0 Å². The van der Waals surface area contributed by atoms with Crippen molar-refractivity contribution >= 4 is 23.2 Å². The van der Waals surface area contributed by atoms with Crippen molar-refractivity contribution in [2.24, 2.45) is 0 Å². The lowest BCUT2D eigenvalue weighted by Crippen LogP contribution is -2.23. The van der Waals surface area contributed by atoms with Crippen molar-refractivity contribution in [2.45, 2.75) is 19.4 Å². The smallest absolute Gasteiger partial charge is 0.126 e. The van der Waals surface area contributed by atoms with Crippen molar-refractivity contribution in [2.75, 3.05) is 6.54 Å². The number of likely N-dealkylation sites (N-methyl/N-ethyl adjacent to an activating group) is 1. The van der Waals surface area contributed by atoms with Crippen molar-refractivity contribution < 1.29 is 4.39 Å². The maximum absolute atomic E-state index is 13.8. The molecule has 0 aliphatic carbocycles. The first-order chi connectivity index (χ1) is 9.61. The van der Waals surface area contributed by atoms with Gasteiger partial charge in [-0.2, -0.15) is 0 Å². The molecule has 0 bridgehead atoms. The fourth-order valence-corrected chi connectivity index (χ4v) is 2.63. The average molecular weight is 312 g/mol. The van der Waals surface area contributed by atoms with Crippen LogP contribution in [-0.2, 0) is 6.42 Å². The van der Waals surface area contributed by atoms with Crippen molar-refractivity contribution in [3.63, 3.8) is 0 Å². The van der Waals surface area contributed by atoms with Gasteiger partial charge in [-0.05, 0) is 48.4 Å². The third-order valence-electron chi connectivity index (χ3n) is 3.17. The Bertz CT molecular complexity index is 586. The Morgan fingerprint density at radius 3 is 2.60 bits per heavy atom. The van der Waals surface area contributed by atoms with E-state index in [4.69, 9.17) is 23.2 Å². The molecule has 2 aromatic rings. The number of hydrogen-bond donors (Lipinski definition) is 1. The van der Waals surface area contributed by atoms with Gasteiger partial charge in [0.1, 0.15) is 5.82 Å². The molecule has 4 heteroatoms. The molecule has 20 heavy (non-hydrogen) atoms. The predicted molar refractivity (Wildman–Crippen MR) is 83.0 cm³/mol. The van der Waals surface area contributed by atoms with E-state index in [1.165, 1.54) is 6.07 Å². The highest BCUT2D eigenvalue weighted by Crippen LogP contribution is 2.29. The molecule has 1 N–H and O–H groups in total. The SMILES string of the molecule is CCNC(Cc1ccccc1F)c1cc(Cl)ccc1Cl. The summed E-state index contributed by atoms with van der Waals surface area (Å²) < 4.78 is 13.8. The lowest BCUT2D eigenvalue weighted by atomic mass is 9.98. The van der Waals surface area contributed by atoms with E-state index in [0.717, 1.165) is 12.1 Å². The van der Waals surface area contributed by atoms with Crippen molar-refractivity contribution in [3.8, 4) is 0 Å². The summed E-state index contributed by atoms with van der Waals surface area (Å²) in [6.45, 7) is 2.77. The van der Waals surface area contributed by atoms with Crippen LogP contribution in [0.4, 0.5) is 4.39 Å². The van der Waals surface area contributed by atoms with Gasteiger partial charge in [0.05, 0.1) is 0 Å². The average Bonchev–Trinajstić information content (AvgIpc) is 2.43. The minimum atomic E-state index is -0.200. The Labute approximate surface area is 128 Å². The summed E-state index contributed by atoms with van der Waals surface area (Å²) in [5.74, 6) is -0.200. The van der Waals surface area contributed by atoms with Crippen LogP contribution in [0.3, 0.4) is 0 Å². The Morgan fingerprint density at radius 1 is 1.15 bits per heavy atom.